The van der Waals surface area contributed by atoms with Crippen molar-refractivity contribution in [2.24, 2.45) is 0 Å². The zero-order valence-electron chi connectivity index (χ0n) is 10.7. The molecule has 2 aromatic rings. The van der Waals surface area contributed by atoms with E-state index in [2.05, 4.69) is 0 Å². The Morgan fingerprint density at radius 2 is 1.68 bits per heavy atom. The largest absolute Gasteiger partial charge is 0.318 e. The Bertz CT molecular complexity index is 608. The van der Waals surface area contributed by atoms with Gasteiger partial charge in [-0.05, 0) is 17.2 Å². The Morgan fingerprint density at radius 1 is 1.05 bits per heavy atom. The maximum absolute atomic E-state index is 12.6. The second kappa shape index (κ2) is 5.96. The third kappa shape index (κ3) is 3.19. The summed E-state index contributed by atoms with van der Waals surface area (Å²) in [7, 11) is -3.00. The van der Waals surface area contributed by atoms with Crippen LogP contribution in [0, 0.1) is 0 Å². The molecule has 2 rings (SSSR count). The van der Waals surface area contributed by atoms with Crippen LogP contribution in [0.5, 0.6) is 0 Å². The minimum Gasteiger partial charge on any atom is -0.318 e. The summed E-state index contributed by atoms with van der Waals surface area (Å²) in [5, 5.41) is 0.642. The van der Waals surface area contributed by atoms with E-state index in [1.165, 1.54) is 6.66 Å². The van der Waals surface area contributed by atoms with Gasteiger partial charge < -0.3 is 9.32 Å². The van der Waals surface area contributed by atoms with Gasteiger partial charge in [-0.15, -0.1) is 0 Å². The molecule has 0 bridgehead atoms. The van der Waals surface area contributed by atoms with E-state index >= 15 is 0 Å². The molecule has 0 aliphatic rings. The fourth-order valence-electron chi connectivity index (χ4n) is 1.93. The minimum absolute atomic E-state index is 0.156. The van der Waals surface area contributed by atoms with Crippen molar-refractivity contribution in [3.63, 3.8) is 0 Å². The summed E-state index contributed by atoms with van der Waals surface area (Å²) in [5.41, 5.74) is 1.86. The smallest absolute Gasteiger partial charge is 0.230 e. The molecule has 4 heteroatoms. The molecule has 98 valence electrons. The summed E-state index contributed by atoms with van der Waals surface area (Å²) < 4.78 is 17.8. The average molecular weight is 274 g/mol. The topological polar surface area (TPSA) is 43.4 Å². The van der Waals surface area contributed by atoms with Gasteiger partial charge in [0.25, 0.3) is 0 Å². The van der Waals surface area contributed by atoms with Crippen LogP contribution in [0.25, 0.3) is 11.1 Å². The maximum Gasteiger partial charge on any atom is 0.230 e. The molecule has 0 spiro atoms. The van der Waals surface area contributed by atoms with Gasteiger partial charge in [0, 0.05) is 12.0 Å². The Kier molecular flexibility index (Phi) is 4.31. The highest BCUT2D eigenvalue weighted by Gasteiger charge is 2.22. The first-order valence-corrected chi connectivity index (χ1v) is 8.03. The van der Waals surface area contributed by atoms with E-state index in [4.69, 9.17) is 4.52 Å². The summed E-state index contributed by atoms with van der Waals surface area (Å²) in [6, 6.07) is 17.1. The molecule has 0 fully saturated rings. The molecule has 0 heterocycles. The number of hydrogen-bond donors (Lipinski definition) is 0. The van der Waals surface area contributed by atoms with Crippen LogP contribution in [-0.4, -0.2) is 19.6 Å². The SMILES string of the molecule is CP(=O)(OCC=O)c1ccccc1-c1ccccc1. The quantitative estimate of drug-likeness (QED) is 0.621. The summed E-state index contributed by atoms with van der Waals surface area (Å²) >= 11 is 0. The lowest BCUT2D eigenvalue weighted by atomic mass is 10.1. The molecule has 1 atom stereocenters. The molecule has 0 aromatic heterocycles. The number of aldehydes is 1. The van der Waals surface area contributed by atoms with Gasteiger partial charge in [-0.2, -0.15) is 0 Å². The van der Waals surface area contributed by atoms with Gasteiger partial charge in [0.1, 0.15) is 12.9 Å². The van der Waals surface area contributed by atoms with Gasteiger partial charge in [0.2, 0.25) is 7.37 Å². The Hall–Kier alpha value is -1.70. The molecule has 0 radical (unpaired) electrons. The number of carbonyl (C=O) groups is 1. The molecule has 2 aromatic carbocycles. The molecule has 0 aliphatic heterocycles. The lowest BCUT2D eigenvalue weighted by Crippen LogP contribution is -2.10. The summed E-state index contributed by atoms with van der Waals surface area (Å²) in [4.78, 5) is 10.4. The van der Waals surface area contributed by atoms with Gasteiger partial charge in [-0.3, -0.25) is 4.57 Å². The molecular weight excluding hydrogens is 259 g/mol. The van der Waals surface area contributed by atoms with Crippen LogP contribution in [0.3, 0.4) is 0 Å². The molecule has 3 nitrogen and oxygen atoms in total. The van der Waals surface area contributed by atoms with Crippen LogP contribution < -0.4 is 5.30 Å². The van der Waals surface area contributed by atoms with Crippen molar-refractivity contribution >= 4 is 19.0 Å². The number of carbonyl (C=O) groups excluding carboxylic acids is 1. The van der Waals surface area contributed by atoms with Crippen molar-refractivity contribution in [2.45, 2.75) is 0 Å². The molecule has 0 N–H and O–H groups in total. The van der Waals surface area contributed by atoms with Crippen molar-refractivity contribution in [3.8, 4) is 11.1 Å². The predicted octanol–water partition coefficient (Wildman–Crippen LogP) is 3.10. The third-order valence-electron chi connectivity index (χ3n) is 2.82. The van der Waals surface area contributed by atoms with Crippen LogP contribution in [0.15, 0.2) is 54.6 Å². The van der Waals surface area contributed by atoms with E-state index < -0.39 is 7.37 Å². The highest BCUT2D eigenvalue weighted by Crippen LogP contribution is 2.43. The normalized spacial score (nSPS) is 13.7. The number of rotatable bonds is 5. The van der Waals surface area contributed by atoms with Crippen molar-refractivity contribution < 1.29 is 13.9 Å². The van der Waals surface area contributed by atoms with Gasteiger partial charge in [0.05, 0.1) is 0 Å². The van der Waals surface area contributed by atoms with Crippen molar-refractivity contribution in [2.75, 3.05) is 13.3 Å². The second-order valence-electron chi connectivity index (χ2n) is 4.19. The fourth-order valence-corrected chi connectivity index (χ4v) is 3.41. The van der Waals surface area contributed by atoms with Crippen molar-refractivity contribution in [1.82, 2.24) is 0 Å². The zero-order chi connectivity index (χ0) is 13.7. The van der Waals surface area contributed by atoms with Crippen LogP contribution in [0.1, 0.15) is 0 Å². The van der Waals surface area contributed by atoms with Gasteiger partial charge >= 0.3 is 0 Å². The highest BCUT2D eigenvalue weighted by atomic mass is 31.2. The summed E-state index contributed by atoms with van der Waals surface area (Å²) in [5.74, 6) is 0. The first-order valence-electron chi connectivity index (χ1n) is 5.96. The monoisotopic (exact) mass is 274 g/mol. The fraction of sp³-hybridized carbons (Fsp3) is 0.133. The molecule has 0 saturated carbocycles. The summed E-state index contributed by atoms with van der Waals surface area (Å²) in [6.45, 7) is 1.38. The Balaban J connectivity index is 2.48. The number of benzene rings is 2. The molecule has 1 unspecified atom stereocenters. The second-order valence-corrected chi connectivity index (χ2v) is 6.62. The molecule has 0 amide bonds. The first kappa shape index (κ1) is 13.7. The third-order valence-corrected chi connectivity index (χ3v) is 4.72. The molecule has 0 aliphatic carbocycles. The van der Waals surface area contributed by atoms with Crippen LogP contribution in [0.4, 0.5) is 0 Å². The van der Waals surface area contributed by atoms with E-state index in [1.54, 1.807) is 6.07 Å². The van der Waals surface area contributed by atoms with E-state index in [1.807, 2.05) is 48.5 Å². The van der Waals surface area contributed by atoms with Crippen LogP contribution in [0.2, 0.25) is 0 Å². The van der Waals surface area contributed by atoms with Gasteiger partial charge in [-0.25, -0.2) is 0 Å². The number of hydrogen-bond acceptors (Lipinski definition) is 3. The lowest BCUT2D eigenvalue weighted by Gasteiger charge is -2.16. The first-order chi connectivity index (χ1) is 9.15. The van der Waals surface area contributed by atoms with Crippen LogP contribution in [-0.2, 0) is 13.9 Å². The van der Waals surface area contributed by atoms with E-state index in [0.717, 1.165) is 11.1 Å². The van der Waals surface area contributed by atoms with Gasteiger partial charge in [0.15, 0.2) is 0 Å². The van der Waals surface area contributed by atoms with E-state index in [-0.39, 0.29) is 6.61 Å². The molecule has 0 saturated heterocycles. The van der Waals surface area contributed by atoms with Crippen LogP contribution >= 0.6 is 7.37 Å². The predicted molar refractivity (Wildman–Crippen MR) is 77.1 cm³/mol. The Morgan fingerprint density at radius 3 is 2.37 bits per heavy atom. The van der Waals surface area contributed by atoms with Gasteiger partial charge in [-0.1, -0.05) is 48.5 Å². The van der Waals surface area contributed by atoms with Crippen molar-refractivity contribution in [3.05, 3.63) is 54.6 Å². The van der Waals surface area contributed by atoms with E-state index in [9.17, 15) is 9.36 Å². The van der Waals surface area contributed by atoms with Crippen molar-refractivity contribution in [1.29, 1.82) is 0 Å². The standard InChI is InChI=1S/C15H15O3P/c1-19(17,18-12-11-16)15-10-6-5-9-14(15)13-7-3-2-4-8-13/h2-11H,12H2,1H3. The molecular formula is C15H15O3P. The average Bonchev–Trinajstić information content (AvgIpc) is 2.46. The summed E-state index contributed by atoms with van der Waals surface area (Å²) in [6.07, 6.45) is 0.612. The Labute approximate surface area is 112 Å². The highest BCUT2D eigenvalue weighted by molar-refractivity contribution is 7.66. The van der Waals surface area contributed by atoms with E-state index in [0.29, 0.717) is 11.6 Å². The zero-order valence-corrected chi connectivity index (χ0v) is 11.5. The minimum atomic E-state index is -3.00. The molecule has 19 heavy (non-hydrogen) atoms. The maximum atomic E-state index is 12.6. The lowest BCUT2D eigenvalue weighted by molar-refractivity contribution is -0.109.